The Balaban J connectivity index is 2.29. The lowest BCUT2D eigenvalue weighted by Gasteiger charge is -2.13. The molecule has 32 heavy (non-hydrogen) atoms. The molecule has 0 aliphatic carbocycles. The molecule has 0 fully saturated rings. The molecule has 0 aliphatic rings. The predicted molar refractivity (Wildman–Crippen MR) is 108 cm³/mol. The molecular formula is C21H18F4N2O4S. The van der Waals surface area contributed by atoms with Crippen molar-refractivity contribution in [3.63, 3.8) is 0 Å². The minimum Gasteiger partial charge on any atom is -0.465 e. The van der Waals surface area contributed by atoms with Crippen LogP contribution in [0.2, 0.25) is 0 Å². The Morgan fingerprint density at radius 1 is 1.03 bits per heavy atom. The topological polar surface area (TPSA) is 78.3 Å². The first-order valence-corrected chi connectivity index (χ1v) is 11.2. The highest BCUT2D eigenvalue weighted by molar-refractivity contribution is 7.90. The third-order valence-electron chi connectivity index (χ3n) is 4.49. The Morgan fingerprint density at radius 3 is 2.09 bits per heavy atom. The minimum atomic E-state index is -4.91. The van der Waals surface area contributed by atoms with E-state index in [2.05, 4.69) is 5.10 Å². The van der Waals surface area contributed by atoms with Gasteiger partial charge in [-0.1, -0.05) is 12.1 Å². The first-order valence-electron chi connectivity index (χ1n) is 9.32. The van der Waals surface area contributed by atoms with Crippen LogP contribution in [0, 0.1) is 5.82 Å². The molecule has 0 N–H and O–H groups in total. The molecule has 2 aromatic carbocycles. The maximum Gasteiger partial charge on any atom is 0.433 e. The number of aromatic nitrogens is 2. The highest BCUT2D eigenvalue weighted by atomic mass is 32.2. The van der Waals surface area contributed by atoms with Crippen LogP contribution in [0.15, 0.2) is 53.4 Å². The average molecular weight is 470 g/mol. The van der Waals surface area contributed by atoms with Crippen LogP contribution < -0.4 is 0 Å². The molecule has 1 aromatic heterocycles. The van der Waals surface area contributed by atoms with Crippen molar-refractivity contribution in [2.45, 2.75) is 24.5 Å². The maximum atomic E-state index is 14.1. The molecule has 11 heteroatoms. The van der Waals surface area contributed by atoms with Crippen molar-refractivity contribution in [1.82, 2.24) is 9.78 Å². The molecule has 3 aromatic rings. The zero-order chi connectivity index (χ0) is 23.7. The number of esters is 1. The van der Waals surface area contributed by atoms with E-state index < -0.39 is 40.0 Å². The summed E-state index contributed by atoms with van der Waals surface area (Å²) in [6, 6.07) is 9.49. The van der Waals surface area contributed by atoms with Gasteiger partial charge in [-0.05, 0) is 48.9 Å². The summed E-state index contributed by atoms with van der Waals surface area (Å²) in [7, 11) is -3.57. The van der Waals surface area contributed by atoms with Gasteiger partial charge in [-0.15, -0.1) is 0 Å². The van der Waals surface area contributed by atoms with E-state index in [1.54, 1.807) is 0 Å². The summed E-state index contributed by atoms with van der Waals surface area (Å²) in [6.45, 7) is 0.703. The van der Waals surface area contributed by atoms with Gasteiger partial charge in [-0.3, -0.25) is 4.79 Å². The van der Waals surface area contributed by atoms with Gasteiger partial charge >= 0.3 is 12.1 Å². The van der Waals surface area contributed by atoms with Gasteiger partial charge in [-0.2, -0.15) is 18.3 Å². The van der Waals surface area contributed by atoms with Crippen LogP contribution in [-0.4, -0.2) is 37.0 Å². The summed E-state index contributed by atoms with van der Waals surface area (Å²) < 4.78 is 84.5. The van der Waals surface area contributed by atoms with Crippen molar-refractivity contribution in [3.8, 4) is 22.4 Å². The summed E-state index contributed by atoms with van der Waals surface area (Å²) in [5.74, 6) is -1.50. The van der Waals surface area contributed by atoms with Crippen LogP contribution in [0.5, 0.6) is 0 Å². The minimum absolute atomic E-state index is 0.0217. The average Bonchev–Trinajstić information content (AvgIpc) is 3.07. The maximum absolute atomic E-state index is 14.1. The Hall–Kier alpha value is -3.21. The van der Waals surface area contributed by atoms with Crippen molar-refractivity contribution >= 4 is 15.8 Å². The first kappa shape index (κ1) is 23.5. The molecule has 1 heterocycles. The van der Waals surface area contributed by atoms with E-state index >= 15 is 0 Å². The van der Waals surface area contributed by atoms with Gasteiger partial charge in [0, 0.05) is 17.4 Å². The molecule has 0 aliphatic heterocycles. The second-order valence-electron chi connectivity index (χ2n) is 6.84. The second-order valence-corrected chi connectivity index (χ2v) is 8.85. The Kier molecular flexibility index (Phi) is 6.40. The van der Waals surface area contributed by atoms with Crippen LogP contribution in [-0.2, 0) is 32.1 Å². The summed E-state index contributed by atoms with van der Waals surface area (Å²) >= 11 is 0. The molecule has 0 atom stereocenters. The van der Waals surface area contributed by atoms with Crippen molar-refractivity contribution < 1.29 is 35.5 Å². The van der Waals surface area contributed by atoms with E-state index in [4.69, 9.17) is 4.74 Å². The van der Waals surface area contributed by atoms with Crippen LogP contribution in [0.25, 0.3) is 22.4 Å². The number of halogens is 4. The van der Waals surface area contributed by atoms with Crippen molar-refractivity contribution in [2.75, 3.05) is 12.9 Å². The molecule has 170 valence electrons. The quantitative estimate of drug-likeness (QED) is 0.396. The number of benzene rings is 2. The number of nitrogens with zero attached hydrogens (tertiary/aromatic N) is 2. The third-order valence-corrected chi connectivity index (χ3v) is 5.62. The molecule has 0 spiro atoms. The van der Waals surface area contributed by atoms with E-state index in [0.717, 1.165) is 18.4 Å². The molecule has 0 saturated heterocycles. The highest BCUT2D eigenvalue weighted by Crippen LogP contribution is 2.43. The van der Waals surface area contributed by atoms with Crippen molar-refractivity contribution in [1.29, 1.82) is 0 Å². The lowest BCUT2D eigenvalue weighted by molar-refractivity contribution is -0.149. The van der Waals surface area contributed by atoms with Crippen LogP contribution >= 0.6 is 0 Å². The fourth-order valence-electron chi connectivity index (χ4n) is 3.15. The molecular weight excluding hydrogens is 452 g/mol. The zero-order valence-electron chi connectivity index (χ0n) is 17.0. The summed E-state index contributed by atoms with van der Waals surface area (Å²) in [5.41, 5.74) is -1.51. The third kappa shape index (κ3) is 4.98. The Bertz CT molecular complexity index is 1230. The van der Waals surface area contributed by atoms with E-state index in [1.165, 1.54) is 43.3 Å². The number of rotatable bonds is 6. The number of hydrogen-bond donors (Lipinski definition) is 0. The van der Waals surface area contributed by atoms with Crippen molar-refractivity contribution in [2.24, 2.45) is 0 Å². The van der Waals surface area contributed by atoms with Gasteiger partial charge in [0.15, 0.2) is 15.5 Å². The van der Waals surface area contributed by atoms with E-state index in [0.29, 0.717) is 4.68 Å². The summed E-state index contributed by atoms with van der Waals surface area (Å²) in [6.07, 6.45) is -3.94. The molecule has 6 nitrogen and oxygen atoms in total. The molecule has 0 unspecified atom stereocenters. The lowest BCUT2D eigenvalue weighted by Crippen LogP contribution is -2.21. The Labute approximate surface area is 181 Å². The van der Waals surface area contributed by atoms with Gasteiger partial charge in [0.2, 0.25) is 0 Å². The van der Waals surface area contributed by atoms with Gasteiger partial charge in [0.05, 0.1) is 11.5 Å². The first-order chi connectivity index (χ1) is 14.9. The highest BCUT2D eigenvalue weighted by Gasteiger charge is 2.41. The molecule has 0 saturated carbocycles. The van der Waals surface area contributed by atoms with Crippen molar-refractivity contribution in [3.05, 3.63) is 60.0 Å². The summed E-state index contributed by atoms with van der Waals surface area (Å²) in [5, 5.41) is 4.00. The van der Waals surface area contributed by atoms with Crippen LogP contribution in [0.3, 0.4) is 0 Å². The van der Waals surface area contributed by atoms with Crippen LogP contribution in [0.1, 0.15) is 12.6 Å². The molecule has 0 radical (unpaired) electrons. The van der Waals surface area contributed by atoms with E-state index in [-0.39, 0.29) is 33.9 Å². The molecule has 3 rings (SSSR count). The van der Waals surface area contributed by atoms with Gasteiger partial charge in [0.1, 0.15) is 18.1 Å². The normalized spacial score (nSPS) is 12.1. The standard InChI is InChI=1S/C21H18F4N2O4S/c1-3-31-17(28)12-27-20(21(23,24)25)18(13-6-10-16(11-7-13)32(2,29)30)19(26-27)14-4-8-15(22)9-5-14/h4-11H,3,12H2,1-2H3. The second kappa shape index (κ2) is 8.73. The number of alkyl halides is 3. The smallest absolute Gasteiger partial charge is 0.433 e. The van der Waals surface area contributed by atoms with Crippen LogP contribution in [0.4, 0.5) is 17.6 Å². The van der Waals surface area contributed by atoms with Gasteiger partial charge < -0.3 is 4.74 Å². The molecule has 0 amide bonds. The van der Waals surface area contributed by atoms with Gasteiger partial charge in [0.25, 0.3) is 0 Å². The Morgan fingerprint density at radius 2 is 1.59 bits per heavy atom. The number of sulfone groups is 1. The summed E-state index contributed by atoms with van der Waals surface area (Å²) in [4.78, 5) is 11.8. The van der Waals surface area contributed by atoms with E-state index in [1.807, 2.05) is 0 Å². The monoisotopic (exact) mass is 470 g/mol. The molecule has 0 bridgehead atoms. The fraction of sp³-hybridized carbons (Fsp3) is 0.238. The number of carbonyl (C=O) groups excluding carboxylic acids is 1. The predicted octanol–water partition coefficient (Wildman–Crippen LogP) is 4.34. The lowest BCUT2D eigenvalue weighted by atomic mass is 9.98. The zero-order valence-corrected chi connectivity index (χ0v) is 17.8. The number of carbonyl (C=O) groups is 1. The number of hydrogen-bond acceptors (Lipinski definition) is 5. The van der Waals surface area contributed by atoms with Gasteiger partial charge in [-0.25, -0.2) is 17.5 Å². The fourth-order valence-corrected chi connectivity index (χ4v) is 3.78. The largest absolute Gasteiger partial charge is 0.465 e. The SMILES string of the molecule is CCOC(=O)Cn1nc(-c2ccc(F)cc2)c(-c2ccc(S(C)(=O)=O)cc2)c1C(F)(F)F. The number of ether oxygens (including phenoxy) is 1. The van der Waals surface area contributed by atoms with E-state index in [9.17, 15) is 30.8 Å².